The van der Waals surface area contributed by atoms with Crippen LogP contribution in [0.2, 0.25) is 0 Å². The average molecular weight is 233 g/mol. The SMILES string of the molecule is CCOC(=O)[C@@H]1CN(C)C[C@@H]1c1ccccc1. The fourth-order valence-corrected chi connectivity index (χ4v) is 2.53. The van der Waals surface area contributed by atoms with Crippen molar-refractivity contribution in [1.29, 1.82) is 0 Å². The van der Waals surface area contributed by atoms with Crippen molar-refractivity contribution in [3.05, 3.63) is 35.9 Å². The van der Waals surface area contributed by atoms with Crippen molar-refractivity contribution in [3.63, 3.8) is 0 Å². The van der Waals surface area contributed by atoms with Gasteiger partial charge in [-0.1, -0.05) is 30.3 Å². The fourth-order valence-electron chi connectivity index (χ4n) is 2.53. The molecule has 0 radical (unpaired) electrons. The molecule has 1 aliphatic heterocycles. The van der Waals surface area contributed by atoms with E-state index >= 15 is 0 Å². The van der Waals surface area contributed by atoms with Gasteiger partial charge in [-0.05, 0) is 19.5 Å². The molecule has 0 spiro atoms. The van der Waals surface area contributed by atoms with Crippen LogP contribution in [-0.2, 0) is 9.53 Å². The predicted molar refractivity (Wildman–Crippen MR) is 66.8 cm³/mol. The number of hydrogen-bond donors (Lipinski definition) is 0. The van der Waals surface area contributed by atoms with Crippen LogP contribution in [0.3, 0.4) is 0 Å². The zero-order valence-corrected chi connectivity index (χ0v) is 10.4. The Balaban J connectivity index is 2.17. The van der Waals surface area contributed by atoms with Gasteiger partial charge in [-0.3, -0.25) is 4.79 Å². The van der Waals surface area contributed by atoms with Crippen LogP contribution in [-0.4, -0.2) is 37.6 Å². The van der Waals surface area contributed by atoms with Crippen LogP contribution in [0.5, 0.6) is 0 Å². The second kappa shape index (κ2) is 5.32. The monoisotopic (exact) mass is 233 g/mol. The van der Waals surface area contributed by atoms with Gasteiger partial charge in [-0.15, -0.1) is 0 Å². The summed E-state index contributed by atoms with van der Waals surface area (Å²) in [5.74, 6) is 0.174. The first kappa shape index (κ1) is 12.1. The molecule has 2 rings (SSSR count). The molecule has 1 aromatic carbocycles. The van der Waals surface area contributed by atoms with Gasteiger partial charge in [0.15, 0.2) is 0 Å². The van der Waals surface area contributed by atoms with Crippen LogP contribution in [0.4, 0.5) is 0 Å². The molecular formula is C14H19NO2. The van der Waals surface area contributed by atoms with E-state index in [1.807, 2.05) is 25.1 Å². The molecule has 1 saturated heterocycles. The second-order valence-electron chi connectivity index (χ2n) is 4.60. The van der Waals surface area contributed by atoms with Crippen molar-refractivity contribution in [3.8, 4) is 0 Å². The molecule has 2 atom stereocenters. The standard InChI is InChI=1S/C14H19NO2/c1-3-17-14(16)13-10-15(2)9-12(13)11-7-5-4-6-8-11/h4-8,12-13H,3,9-10H2,1-2H3/t12-,13-/m1/s1. The summed E-state index contributed by atoms with van der Waals surface area (Å²) in [4.78, 5) is 14.1. The third-order valence-corrected chi connectivity index (χ3v) is 3.32. The van der Waals surface area contributed by atoms with E-state index in [2.05, 4.69) is 24.1 Å². The Morgan fingerprint density at radius 1 is 1.35 bits per heavy atom. The van der Waals surface area contributed by atoms with E-state index < -0.39 is 0 Å². The van der Waals surface area contributed by atoms with E-state index in [1.165, 1.54) is 5.56 Å². The van der Waals surface area contributed by atoms with Crippen LogP contribution < -0.4 is 0 Å². The lowest BCUT2D eigenvalue weighted by Crippen LogP contribution is -2.24. The van der Waals surface area contributed by atoms with Crippen molar-refractivity contribution < 1.29 is 9.53 Å². The number of ether oxygens (including phenoxy) is 1. The minimum absolute atomic E-state index is 0.0256. The number of hydrogen-bond acceptors (Lipinski definition) is 3. The van der Waals surface area contributed by atoms with Gasteiger partial charge in [0.1, 0.15) is 0 Å². The van der Waals surface area contributed by atoms with Crippen molar-refractivity contribution in [2.75, 3.05) is 26.7 Å². The summed E-state index contributed by atoms with van der Waals surface area (Å²) in [7, 11) is 2.05. The molecule has 0 amide bonds. The number of carbonyl (C=O) groups is 1. The first-order chi connectivity index (χ1) is 8.22. The van der Waals surface area contributed by atoms with Crippen molar-refractivity contribution in [2.45, 2.75) is 12.8 Å². The maximum absolute atomic E-state index is 11.9. The summed E-state index contributed by atoms with van der Waals surface area (Å²) in [6, 6.07) is 10.2. The first-order valence-corrected chi connectivity index (χ1v) is 6.12. The lowest BCUT2D eigenvalue weighted by Gasteiger charge is -2.17. The molecule has 0 N–H and O–H groups in total. The lowest BCUT2D eigenvalue weighted by molar-refractivity contribution is -0.147. The number of esters is 1. The van der Waals surface area contributed by atoms with Gasteiger partial charge in [0.2, 0.25) is 0 Å². The summed E-state index contributed by atoms with van der Waals surface area (Å²) in [6.45, 7) is 4.03. The van der Waals surface area contributed by atoms with Gasteiger partial charge < -0.3 is 9.64 Å². The predicted octanol–water partition coefficient (Wildman–Crippen LogP) is 1.89. The molecule has 0 bridgehead atoms. The van der Waals surface area contributed by atoms with Gasteiger partial charge in [-0.25, -0.2) is 0 Å². The largest absolute Gasteiger partial charge is 0.466 e. The maximum atomic E-state index is 11.9. The highest BCUT2D eigenvalue weighted by molar-refractivity contribution is 5.74. The number of benzene rings is 1. The molecule has 0 aliphatic carbocycles. The fraction of sp³-hybridized carbons (Fsp3) is 0.500. The Hall–Kier alpha value is -1.35. The third kappa shape index (κ3) is 2.67. The van der Waals surface area contributed by atoms with Gasteiger partial charge >= 0.3 is 5.97 Å². The van der Waals surface area contributed by atoms with Crippen LogP contribution in [0.1, 0.15) is 18.4 Å². The second-order valence-corrected chi connectivity index (χ2v) is 4.60. The van der Waals surface area contributed by atoms with E-state index in [0.717, 1.165) is 13.1 Å². The van der Waals surface area contributed by atoms with Gasteiger partial charge in [0.05, 0.1) is 12.5 Å². The molecule has 17 heavy (non-hydrogen) atoms. The molecule has 1 aromatic rings. The molecule has 0 aromatic heterocycles. The molecule has 0 unspecified atom stereocenters. The van der Waals surface area contributed by atoms with Crippen LogP contribution >= 0.6 is 0 Å². The smallest absolute Gasteiger partial charge is 0.310 e. The van der Waals surface area contributed by atoms with Crippen molar-refractivity contribution in [2.24, 2.45) is 5.92 Å². The highest BCUT2D eigenvalue weighted by Gasteiger charge is 2.37. The van der Waals surface area contributed by atoms with Gasteiger partial charge in [-0.2, -0.15) is 0 Å². The average Bonchev–Trinajstić information content (AvgIpc) is 2.73. The topological polar surface area (TPSA) is 29.5 Å². The Morgan fingerprint density at radius 3 is 2.71 bits per heavy atom. The quantitative estimate of drug-likeness (QED) is 0.747. The summed E-state index contributed by atoms with van der Waals surface area (Å²) in [6.07, 6.45) is 0. The summed E-state index contributed by atoms with van der Waals surface area (Å²) in [5.41, 5.74) is 1.23. The summed E-state index contributed by atoms with van der Waals surface area (Å²) >= 11 is 0. The highest BCUT2D eigenvalue weighted by Crippen LogP contribution is 2.32. The zero-order chi connectivity index (χ0) is 12.3. The van der Waals surface area contributed by atoms with Gasteiger partial charge in [0, 0.05) is 19.0 Å². The van der Waals surface area contributed by atoms with E-state index in [1.54, 1.807) is 0 Å². The molecule has 1 heterocycles. The molecule has 3 nitrogen and oxygen atoms in total. The Morgan fingerprint density at radius 2 is 2.06 bits per heavy atom. The minimum atomic E-state index is -0.0642. The molecule has 1 aliphatic rings. The van der Waals surface area contributed by atoms with E-state index in [9.17, 15) is 4.79 Å². The molecule has 0 saturated carbocycles. The Kier molecular flexibility index (Phi) is 3.79. The number of nitrogens with zero attached hydrogens (tertiary/aromatic N) is 1. The van der Waals surface area contributed by atoms with E-state index in [4.69, 9.17) is 4.74 Å². The Bertz CT molecular complexity index is 377. The maximum Gasteiger partial charge on any atom is 0.310 e. The highest BCUT2D eigenvalue weighted by atomic mass is 16.5. The molecule has 3 heteroatoms. The summed E-state index contributed by atoms with van der Waals surface area (Å²) in [5, 5.41) is 0. The first-order valence-electron chi connectivity index (χ1n) is 6.12. The van der Waals surface area contributed by atoms with Crippen LogP contribution in [0, 0.1) is 5.92 Å². The number of likely N-dealkylation sites (N-methyl/N-ethyl adjacent to an activating group) is 1. The van der Waals surface area contributed by atoms with Crippen molar-refractivity contribution >= 4 is 5.97 Å². The number of likely N-dealkylation sites (tertiary alicyclic amines) is 1. The summed E-state index contributed by atoms with van der Waals surface area (Å²) < 4.78 is 5.16. The van der Waals surface area contributed by atoms with Crippen molar-refractivity contribution in [1.82, 2.24) is 4.90 Å². The normalized spacial score (nSPS) is 24.8. The number of carbonyl (C=O) groups excluding carboxylic acids is 1. The third-order valence-electron chi connectivity index (χ3n) is 3.32. The molecule has 1 fully saturated rings. The molecule has 92 valence electrons. The molecular weight excluding hydrogens is 214 g/mol. The zero-order valence-electron chi connectivity index (χ0n) is 10.4. The minimum Gasteiger partial charge on any atom is -0.466 e. The Labute approximate surface area is 102 Å². The van der Waals surface area contributed by atoms with E-state index in [-0.39, 0.29) is 17.8 Å². The van der Waals surface area contributed by atoms with Gasteiger partial charge in [0.25, 0.3) is 0 Å². The number of rotatable bonds is 3. The van der Waals surface area contributed by atoms with Crippen LogP contribution in [0.15, 0.2) is 30.3 Å². The van der Waals surface area contributed by atoms with Crippen LogP contribution in [0.25, 0.3) is 0 Å². The van der Waals surface area contributed by atoms with E-state index in [0.29, 0.717) is 6.61 Å². The lowest BCUT2D eigenvalue weighted by atomic mass is 9.89.